The zero-order chi connectivity index (χ0) is 24.0. The number of nitrogens with zero attached hydrogens (tertiary/aromatic N) is 5. The maximum absolute atomic E-state index is 14.7. The van der Waals surface area contributed by atoms with Crippen LogP contribution in [0.4, 0.5) is 20.3 Å². The highest BCUT2D eigenvalue weighted by Gasteiger charge is 2.27. The summed E-state index contributed by atoms with van der Waals surface area (Å²) >= 11 is 5.79. The van der Waals surface area contributed by atoms with E-state index in [4.69, 9.17) is 16.0 Å². The summed E-state index contributed by atoms with van der Waals surface area (Å²) in [5, 5.41) is 17.8. The number of aromatic nitrogens is 5. The van der Waals surface area contributed by atoms with E-state index in [1.807, 2.05) is 13.8 Å². The second-order valence-corrected chi connectivity index (χ2v) is 8.60. The molecule has 1 aliphatic rings. The van der Waals surface area contributed by atoms with E-state index in [1.165, 1.54) is 6.33 Å². The largest absolute Gasteiger partial charge is 0.419 e. The molecule has 1 fully saturated rings. The standard InChI is InChI=1S/C22H20ClF2N7O2/c1-10(2)18-13(22-31-30-17(7-23)34-22)8-32-19(18)20(26-9-27-32)29-16-5-12(14(24)6-15(16)25)21(33)28-11-3-4-11/h5-6,8-11H,3-4,7H2,1-2H3,(H,28,33)(H,26,27,29). The molecule has 176 valence electrons. The van der Waals surface area contributed by atoms with E-state index in [2.05, 4.69) is 30.9 Å². The fourth-order valence-corrected chi connectivity index (χ4v) is 3.84. The first-order valence-corrected chi connectivity index (χ1v) is 11.2. The van der Waals surface area contributed by atoms with Crippen LogP contribution in [0.15, 0.2) is 29.1 Å². The van der Waals surface area contributed by atoms with E-state index < -0.39 is 17.5 Å². The highest BCUT2D eigenvalue weighted by atomic mass is 35.5. The number of carbonyl (C=O) groups is 1. The number of nitrogens with one attached hydrogen (secondary N) is 2. The predicted molar refractivity (Wildman–Crippen MR) is 120 cm³/mol. The molecule has 2 N–H and O–H groups in total. The molecule has 3 aromatic heterocycles. The van der Waals surface area contributed by atoms with E-state index in [0.29, 0.717) is 17.1 Å². The fraction of sp³-hybridized carbons (Fsp3) is 0.318. The number of anilines is 2. The molecule has 9 nitrogen and oxygen atoms in total. The molecular weight excluding hydrogens is 468 g/mol. The van der Waals surface area contributed by atoms with Gasteiger partial charge in [-0.1, -0.05) is 13.8 Å². The van der Waals surface area contributed by atoms with Gasteiger partial charge in [-0.25, -0.2) is 18.3 Å². The van der Waals surface area contributed by atoms with Crippen LogP contribution in [-0.2, 0) is 5.88 Å². The van der Waals surface area contributed by atoms with Gasteiger partial charge in [-0.05, 0) is 30.4 Å². The van der Waals surface area contributed by atoms with Gasteiger partial charge in [0, 0.05) is 18.3 Å². The van der Waals surface area contributed by atoms with Gasteiger partial charge in [0.05, 0.1) is 16.8 Å². The number of hydrogen-bond acceptors (Lipinski definition) is 7. The summed E-state index contributed by atoms with van der Waals surface area (Å²) in [4.78, 5) is 16.7. The molecule has 0 radical (unpaired) electrons. The van der Waals surface area contributed by atoms with Crippen LogP contribution in [0.2, 0.25) is 0 Å². The zero-order valence-corrected chi connectivity index (χ0v) is 19.0. The van der Waals surface area contributed by atoms with Crippen molar-refractivity contribution in [2.45, 2.75) is 44.5 Å². The molecule has 0 unspecified atom stereocenters. The van der Waals surface area contributed by atoms with Gasteiger partial charge in [0.15, 0.2) is 5.82 Å². The van der Waals surface area contributed by atoms with Crippen molar-refractivity contribution < 1.29 is 18.0 Å². The lowest BCUT2D eigenvalue weighted by atomic mass is 10.00. The summed E-state index contributed by atoms with van der Waals surface area (Å²) < 4.78 is 36.2. The van der Waals surface area contributed by atoms with E-state index in [0.717, 1.165) is 24.5 Å². The molecule has 1 saturated carbocycles. The molecule has 34 heavy (non-hydrogen) atoms. The summed E-state index contributed by atoms with van der Waals surface area (Å²) in [6.07, 6.45) is 4.70. The topological polar surface area (TPSA) is 110 Å². The second kappa shape index (κ2) is 8.64. The SMILES string of the molecule is CC(C)c1c(-c2nnc(CCl)o2)cn2ncnc(Nc3cc(C(=O)NC4CC4)c(F)cc3F)c12. The Balaban J connectivity index is 1.59. The van der Waals surface area contributed by atoms with Crippen LogP contribution in [0, 0.1) is 11.6 Å². The van der Waals surface area contributed by atoms with Crippen LogP contribution in [0.5, 0.6) is 0 Å². The van der Waals surface area contributed by atoms with Gasteiger partial charge in [0.1, 0.15) is 29.4 Å². The number of benzene rings is 1. The first-order valence-electron chi connectivity index (χ1n) is 10.7. The van der Waals surface area contributed by atoms with Crippen molar-refractivity contribution >= 4 is 34.5 Å². The second-order valence-electron chi connectivity index (χ2n) is 8.33. The molecule has 1 aromatic carbocycles. The van der Waals surface area contributed by atoms with Crippen LogP contribution in [0.25, 0.3) is 17.0 Å². The Morgan fingerprint density at radius 1 is 1.26 bits per heavy atom. The van der Waals surface area contributed by atoms with Gasteiger partial charge in [-0.15, -0.1) is 21.8 Å². The predicted octanol–water partition coefficient (Wildman–Crippen LogP) is 4.56. The van der Waals surface area contributed by atoms with Crippen LogP contribution >= 0.6 is 11.6 Å². The highest BCUT2D eigenvalue weighted by Crippen LogP contribution is 2.37. The van der Waals surface area contributed by atoms with Gasteiger partial charge >= 0.3 is 0 Å². The number of fused-ring (bicyclic) bond motifs is 1. The first-order chi connectivity index (χ1) is 16.4. The number of amides is 1. The summed E-state index contributed by atoms with van der Waals surface area (Å²) in [5.41, 5.74) is 1.61. The average molecular weight is 488 g/mol. The van der Waals surface area contributed by atoms with Gasteiger partial charge in [0.2, 0.25) is 11.8 Å². The fourth-order valence-electron chi connectivity index (χ4n) is 3.73. The molecule has 5 rings (SSSR count). The normalized spacial score (nSPS) is 13.6. The van der Waals surface area contributed by atoms with Crippen molar-refractivity contribution in [1.82, 2.24) is 30.1 Å². The third kappa shape index (κ3) is 4.07. The van der Waals surface area contributed by atoms with E-state index >= 15 is 0 Å². The lowest BCUT2D eigenvalue weighted by Gasteiger charge is -2.13. The molecule has 0 bridgehead atoms. The minimum Gasteiger partial charge on any atom is -0.419 e. The van der Waals surface area contributed by atoms with Crippen LogP contribution < -0.4 is 10.6 Å². The van der Waals surface area contributed by atoms with Crippen molar-refractivity contribution in [3.05, 3.63) is 53.3 Å². The minimum absolute atomic E-state index is 0.0316. The third-order valence-electron chi connectivity index (χ3n) is 5.47. The molecule has 0 aliphatic heterocycles. The number of halogens is 3. The van der Waals surface area contributed by atoms with Crippen molar-refractivity contribution in [2.24, 2.45) is 0 Å². The maximum atomic E-state index is 14.7. The van der Waals surface area contributed by atoms with Gasteiger partial charge < -0.3 is 15.1 Å². The quantitative estimate of drug-likeness (QED) is 0.368. The van der Waals surface area contributed by atoms with Crippen molar-refractivity contribution in [2.75, 3.05) is 5.32 Å². The number of hydrogen-bond donors (Lipinski definition) is 2. The summed E-state index contributed by atoms with van der Waals surface area (Å²) in [6.45, 7) is 3.93. The Bertz CT molecular complexity index is 1400. The Morgan fingerprint density at radius 3 is 2.74 bits per heavy atom. The summed E-state index contributed by atoms with van der Waals surface area (Å²) in [7, 11) is 0. The van der Waals surface area contributed by atoms with Gasteiger partial charge in [-0.3, -0.25) is 4.79 Å². The Morgan fingerprint density at radius 2 is 2.06 bits per heavy atom. The number of rotatable bonds is 7. The van der Waals surface area contributed by atoms with E-state index in [9.17, 15) is 13.6 Å². The summed E-state index contributed by atoms with van der Waals surface area (Å²) in [5.74, 6) is -1.54. The average Bonchev–Trinajstić information content (AvgIpc) is 3.33. The first kappa shape index (κ1) is 22.2. The Kier molecular flexibility index (Phi) is 5.64. The smallest absolute Gasteiger partial charge is 0.254 e. The Hall–Kier alpha value is -3.60. The van der Waals surface area contributed by atoms with E-state index in [-0.39, 0.29) is 46.7 Å². The third-order valence-corrected chi connectivity index (χ3v) is 5.70. The van der Waals surface area contributed by atoms with Crippen molar-refractivity contribution in [3.8, 4) is 11.5 Å². The number of alkyl halides is 1. The minimum atomic E-state index is -0.937. The molecule has 0 spiro atoms. The molecule has 3 heterocycles. The Labute approximate surface area is 197 Å². The molecule has 1 aliphatic carbocycles. The van der Waals surface area contributed by atoms with Gasteiger partial charge in [-0.2, -0.15) is 5.10 Å². The highest BCUT2D eigenvalue weighted by molar-refractivity contribution is 6.16. The molecule has 12 heteroatoms. The van der Waals surface area contributed by atoms with E-state index in [1.54, 1.807) is 10.7 Å². The van der Waals surface area contributed by atoms with Crippen LogP contribution in [0.1, 0.15) is 54.4 Å². The van der Waals surface area contributed by atoms with Crippen LogP contribution in [-0.4, -0.2) is 36.7 Å². The summed E-state index contributed by atoms with van der Waals surface area (Å²) in [6, 6.07) is 1.86. The van der Waals surface area contributed by atoms with Crippen molar-refractivity contribution in [1.29, 1.82) is 0 Å². The molecular formula is C22H20ClF2N7O2. The maximum Gasteiger partial charge on any atom is 0.254 e. The molecule has 0 atom stereocenters. The molecule has 4 aromatic rings. The lowest BCUT2D eigenvalue weighted by Crippen LogP contribution is -2.26. The van der Waals surface area contributed by atoms with Crippen LogP contribution in [0.3, 0.4) is 0 Å². The monoisotopic (exact) mass is 487 g/mol. The molecule has 0 saturated heterocycles. The molecule has 1 amide bonds. The lowest BCUT2D eigenvalue weighted by molar-refractivity contribution is 0.0947. The van der Waals surface area contributed by atoms with Crippen molar-refractivity contribution in [3.63, 3.8) is 0 Å². The zero-order valence-electron chi connectivity index (χ0n) is 18.3. The van der Waals surface area contributed by atoms with Gasteiger partial charge in [0.25, 0.3) is 5.91 Å². The number of carbonyl (C=O) groups excluding carboxylic acids is 1.